The third-order valence-electron chi connectivity index (χ3n) is 11.1. The van der Waals surface area contributed by atoms with E-state index in [0.717, 1.165) is 50.9 Å². The van der Waals surface area contributed by atoms with E-state index in [2.05, 4.69) is 174 Å². The van der Waals surface area contributed by atoms with Crippen molar-refractivity contribution >= 4 is 70.1 Å². The number of nitrogens with one attached hydrogen (secondary N) is 2. The molecule has 3 unspecified atom stereocenters. The molecule has 3 atom stereocenters. The van der Waals surface area contributed by atoms with Gasteiger partial charge in [0.25, 0.3) is 0 Å². The second-order valence-electron chi connectivity index (χ2n) is 14.3. The highest BCUT2D eigenvalue weighted by Crippen LogP contribution is 2.46. The van der Waals surface area contributed by atoms with Crippen molar-refractivity contribution in [2.24, 2.45) is 4.99 Å². The van der Waals surface area contributed by atoms with Gasteiger partial charge in [-0.2, -0.15) is 0 Å². The van der Waals surface area contributed by atoms with Gasteiger partial charge in [0.05, 0.1) is 0 Å². The number of aliphatic imine (C=N–C) groups is 1. The Morgan fingerprint density at radius 1 is 0.630 bits per heavy atom. The van der Waals surface area contributed by atoms with Crippen molar-refractivity contribution in [3.05, 3.63) is 192 Å². The van der Waals surface area contributed by atoms with Crippen molar-refractivity contribution in [3.63, 3.8) is 0 Å². The number of rotatable bonds is 5. The van der Waals surface area contributed by atoms with Gasteiger partial charge in [0.15, 0.2) is 0 Å². The number of thiophene rings is 1. The molecule has 0 saturated carbocycles. The van der Waals surface area contributed by atoms with Crippen molar-refractivity contribution in [1.82, 2.24) is 10.6 Å². The lowest BCUT2D eigenvalue weighted by atomic mass is 9.88. The van der Waals surface area contributed by atoms with Gasteiger partial charge in [-0.1, -0.05) is 158 Å². The first-order chi connectivity index (χ1) is 26.7. The van der Waals surface area contributed by atoms with Crippen molar-refractivity contribution < 1.29 is 4.42 Å². The second-order valence-corrected chi connectivity index (χ2v) is 15.3. The van der Waals surface area contributed by atoms with Crippen molar-refractivity contribution in [1.29, 1.82) is 0 Å². The molecular weight excluding hydrogens is 679 g/mol. The summed E-state index contributed by atoms with van der Waals surface area (Å²) in [6.07, 6.45) is 7.80. The minimum absolute atomic E-state index is 0.0675. The highest BCUT2D eigenvalue weighted by Gasteiger charge is 2.28. The normalized spacial score (nSPS) is 18.7. The van der Waals surface area contributed by atoms with Crippen LogP contribution in [0.2, 0.25) is 0 Å². The Bertz CT molecular complexity index is 2990. The van der Waals surface area contributed by atoms with Crippen LogP contribution in [-0.2, 0) is 0 Å². The fraction of sp³-hybridized carbons (Fsp3) is 0.0816. The van der Waals surface area contributed by atoms with Crippen LogP contribution in [0.3, 0.4) is 0 Å². The summed E-state index contributed by atoms with van der Waals surface area (Å²) in [6.45, 7) is 0. The van der Waals surface area contributed by atoms with Crippen molar-refractivity contribution in [2.45, 2.75) is 24.7 Å². The van der Waals surface area contributed by atoms with E-state index in [0.29, 0.717) is 0 Å². The Hall–Kier alpha value is -6.27. The quantitative estimate of drug-likeness (QED) is 0.187. The third-order valence-corrected chi connectivity index (χ3v) is 12.4. The minimum Gasteiger partial charge on any atom is -0.455 e. The van der Waals surface area contributed by atoms with E-state index < -0.39 is 0 Å². The Morgan fingerprint density at radius 3 is 2.13 bits per heavy atom. The summed E-state index contributed by atoms with van der Waals surface area (Å²) in [7, 11) is 0. The van der Waals surface area contributed by atoms with E-state index >= 15 is 0 Å². The molecule has 1 aliphatic heterocycles. The van der Waals surface area contributed by atoms with E-state index in [-0.39, 0.29) is 18.2 Å². The zero-order chi connectivity index (χ0) is 35.6. The molecule has 2 N–H and O–H groups in total. The van der Waals surface area contributed by atoms with Gasteiger partial charge in [0.2, 0.25) is 0 Å². The topological polar surface area (TPSA) is 49.6 Å². The molecule has 0 radical (unpaired) electrons. The molecule has 3 heterocycles. The molecule has 0 fully saturated rings. The molecule has 11 rings (SSSR count). The minimum atomic E-state index is -0.147. The monoisotopic (exact) mass is 713 g/mol. The van der Waals surface area contributed by atoms with E-state index in [4.69, 9.17) is 9.41 Å². The average Bonchev–Trinajstić information content (AvgIpc) is 3.82. The van der Waals surface area contributed by atoms with Crippen LogP contribution in [0.1, 0.15) is 35.2 Å². The first kappa shape index (κ1) is 31.3. The molecule has 54 heavy (non-hydrogen) atoms. The van der Waals surface area contributed by atoms with E-state index in [1.54, 1.807) is 0 Å². The maximum atomic E-state index is 6.68. The van der Waals surface area contributed by atoms with Gasteiger partial charge >= 0.3 is 0 Å². The molecule has 4 nitrogen and oxygen atoms in total. The lowest BCUT2D eigenvalue weighted by Gasteiger charge is -2.33. The average molecular weight is 714 g/mol. The summed E-state index contributed by atoms with van der Waals surface area (Å²) in [5.74, 6) is 1.18. The first-order valence-corrected chi connectivity index (χ1v) is 19.4. The SMILES string of the molecule is C1=CC(c2cccc3c2sc2c(-c4cccc5c4oc4cc6ccccc6cc45)cccc23)CC=C1C1NC(c2ccccc2)=NC(c2ccccc2)N1. The molecule has 258 valence electrons. The molecule has 0 saturated heterocycles. The van der Waals surface area contributed by atoms with E-state index in [1.807, 2.05) is 17.4 Å². The van der Waals surface area contributed by atoms with Gasteiger partial charge in [0, 0.05) is 53.6 Å². The Kier molecular flexibility index (Phi) is 7.35. The lowest BCUT2D eigenvalue weighted by molar-refractivity contribution is 0.440. The number of hydrogen-bond acceptors (Lipinski definition) is 5. The van der Waals surface area contributed by atoms with Crippen LogP contribution in [0.5, 0.6) is 0 Å². The number of hydrogen-bond donors (Lipinski definition) is 2. The first-order valence-electron chi connectivity index (χ1n) is 18.6. The summed E-state index contributed by atoms with van der Waals surface area (Å²) >= 11 is 1.91. The largest absolute Gasteiger partial charge is 0.455 e. The molecule has 1 aliphatic carbocycles. The van der Waals surface area contributed by atoms with Crippen LogP contribution in [0.25, 0.3) is 64.0 Å². The number of amidine groups is 1. The van der Waals surface area contributed by atoms with Gasteiger partial charge < -0.3 is 9.73 Å². The van der Waals surface area contributed by atoms with Gasteiger partial charge in [-0.15, -0.1) is 11.3 Å². The molecule has 2 aromatic heterocycles. The molecule has 5 heteroatoms. The summed E-state index contributed by atoms with van der Waals surface area (Å²) < 4.78 is 9.33. The predicted molar refractivity (Wildman–Crippen MR) is 226 cm³/mol. The number of allylic oxidation sites excluding steroid dienone is 2. The van der Waals surface area contributed by atoms with Gasteiger partial charge in [-0.25, -0.2) is 4.99 Å². The zero-order valence-corrected chi connectivity index (χ0v) is 30.2. The number of furan rings is 1. The third kappa shape index (κ3) is 5.19. The Morgan fingerprint density at radius 2 is 1.33 bits per heavy atom. The number of para-hydroxylation sites is 1. The Labute approximate surface area is 316 Å². The van der Waals surface area contributed by atoms with E-state index in [1.165, 1.54) is 47.6 Å². The van der Waals surface area contributed by atoms with Crippen LogP contribution in [0.15, 0.2) is 185 Å². The summed E-state index contributed by atoms with van der Waals surface area (Å²) in [4.78, 5) is 5.09. The van der Waals surface area contributed by atoms with Gasteiger partial charge in [-0.3, -0.25) is 5.32 Å². The maximum absolute atomic E-state index is 6.68. The molecule has 9 aromatic rings. The predicted octanol–water partition coefficient (Wildman–Crippen LogP) is 12.4. The standard InChI is InChI=1S/C49H35N3OS/c1-3-12-31(13-4-1)47-50-48(32-14-5-2-6-15-32)52-49(51-47)33-26-24-30(25-27-33)36-18-9-22-40-41-23-11-21-39(46(41)54-45(36)40)37-19-10-20-38-42-28-34-16-7-8-17-35(34)29-43(42)53-44(37)38/h1-24,26-30,47,49,51H,25H2,(H,50,52). The number of nitrogens with zero attached hydrogens (tertiary/aromatic N) is 1. The smallest absolute Gasteiger partial charge is 0.143 e. The zero-order valence-electron chi connectivity index (χ0n) is 29.4. The maximum Gasteiger partial charge on any atom is 0.143 e. The van der Waals surface area contributed by atoms with Crippen molar-refractivity contribution in [2.75, 3.05) is 0 Å². The van der Waals surface area contributed by atoms with Gasteiger partial charge in [-0.05, 0) is 46.0 Å². The summed E-state index contributed by atoms with van der Waals surface area (Å²) in [6, 6.07) is 54.0. The van der Waals surface area contributed by atoms with Crippen LogP contribution in [0.4, 0.5) is 0 Å². The lowest BCUT2D eigenvalue weighted by Crippen LogP contribution is -2.52. The van der Waals surface area contributed by atoms with Gasteiger partial charge in [0.1, 0.15) is 29.3 Å². The van der Waals surface area contributed by atoms with E-state index in [9.17, 15) is 0 Å². The highest BCUT2D eigenvalue weighted by molar-refractivity contribution is 7.26. The second kappa shape index (κ2) is 12.7. The number of benzene rings is 7. The van der Waals surface area contributed by atoms with Crippen LogP contribution < -0.4 is 10.6 Å². The molecule has 0 spiro atoms. The molecule has 0 bridgehead atoms. The van der Waals surface area contributed by atoms with Crippen LogP contribution >= 0.6 is 11.3 Å². The molecule has 0 amide bonds. The summed E-state index contributed by atoms with van der Waals surface area (Å²) in [5, 5.41) is 14.8. The van der Waals surface area contributed by atoms with Crippen LogP contribution in [0, 0.1) is 0 Å². The molecule has 7 aromatic carbocycles. The fourth-order valence-electron chi connectivity index (χ4n) is 8.40. The highest BCUT2D eigenvalue weighted by atomic mass is 32.1. The fourth-order valence-corrected chi connectivity index (χ4v) is 9.81. The van der Waals surface area contributed by atoms with Crippen molar-refractivity contribution in [3.8, 4) is 11.1 Å². The Balaban J connectivity index is 0.944. The number of fused-ring (bicyclic) bond motifs is 7. The molecular formula is C49H35N3OS. The van der Waals surface area contributed by atoms with Crippen LogP contribution in [-0.4, -0.2) is 12.0 Å². The summed E-state index contributed by atoms with van der Waals surface area (Å²) in [5.41, 5.74) is 9.06. The molecule has 2 aliphatic rings.